The van der Waals surface area contributed by atoms with Crippen LogP contribution in [0.5, 0.6) is 0 Å². The van der Waals surface area contributed by atoms with Gasteiger partial charge in [-0.2, -0.15) is 0 Å². The number of halogens is 1. The van der Waals surface area contributed by atoms with Crippen molar-refractivity contribution in [2.45, 2.75) is 12.5 Å². The summed E-state index contributed by atoms with van der Waals surface area (Å²) >= 11 is 0. The van der Waals surface area contributed by atoms with Crippen LogP contribution in [0.3, 0.4) is 0 Å². The Balaban J connectivity index is 2.76. The summed E-state index contributed by atoms with van der Waals surface area (Å²) < 4.78 is 12.9. The van der Waals surface area contributed by atoms with Crippen LogP contribution in [0, 0.1) is 5.82 Å². The number of nitrogens with two attached hydrogens (primary N) is 1. The first kappa shape index (κ1) is 14.6. The summed E-state index contributed by atoms with van der Waals surface area (Å²) in [4.78, 5) is 13.9. The Morgan fingerprint density at radius 3 is 2.50 bits per heavy atom. The number of benzene rings is 1. The molecule has 1 rings (SSSR count). The summed E-state index contributed by atoms with van der Waals surface area (Å²) in [5, 5.41) is 2.82. The van der Waals surface area contributed by atoms with Gasteiger partial charge < -0.3 is 11.1 Å². The molecule has 3 N–H and O–H groups in total. The van der Waals surface area contributed by atoms with Crippen LogP contribution in [0.1, 0.15) is 18.0 Å². The molecule has 0 aliphatic rings. The van der Waals surface area contributed by atoms with E-state index in [2.05, 4.69) is 5.32 Å². The fourth-order valence-electron chi connectivity index (χ4n) is 1.74. The van der Waals surface area contributed by atoms with Gasteiger partial charge in [0.1, 0.15) is 11.9 Å². The number of likely N-dealkylation sites (N-methyl/N-ethyl adjacent to an activating group) is 1. The lowest BCUT2D eigenvalue weighted by Crippen LogP contribution is -2.37. The maximum absolute atomic E-state index is 12.9. The molecule has 0 radical (unpaired) electrons. The first-order chi connectivity index (χ1) is 8.56. The number of hydrogen-bond donors (Lipinski definition) is 2. The van der Waals surface area contributed by atoms with E-state index in [4.69, 9.17) is 5.73 Å². The number of nitrogens with zero attached hydrogens (tertiary/aromatic N) is 1. The lowest BCUT2D eigenvalue weighted by molar-refractivity contribution is -0.125. The molecule has 1 aromatic carbocycles. The highest BCUT2D eigenvalue weighted by Crippen LogP contribution is 2.18. The van der Waals surface area contributed by atoms with E-state index in [0.717, 1.165) is 12.0 Å². The molecule has 0 spiro atoms. The molecule has 0 aliphatic carbocycles. The molecule has 0 saturated heterocycles. The van der Waals surface area contributed by atoms with Crippen molar-refractivity contribution in [3.8, 4) is 0 Å². The summed E-state index contributed by atoms with van der Waals surface area (Å²) in [6, 6.07) is 5.56. The van der Waals surface area contributed by atoms with Crippen molar-refractivity contribution in [2.24, 2.45) is 5.73 Å². The predicted molar refractivity (Wildman–Crippen MR) is 69.5 cm³/mol. The summed E-state index contributed by atoms with van der Waals surface area (Å²) in [5.74, 6) is -0.403. The van der Waals surface area contributed by atoms with Gasteiger partial charge in [-0.1, -0.05) is 12.1 Å². The van der Waals surface area contributed by atoms with Gasteiger partial charge in [0.2, 0.25) is 5.91 Å². The van der Waals surface area contributed by atoms with E-state index in [0.29, 0.717) is 13.1 Å². The molecule has 18 heavy (non-hydrogen) atoms. The van der Waals surface area contributed by atoms with Crippen molar-refractivity contribution in [3.63, 3.8) is 0 Å². The van der Waals surface area contributed by atoms with Crippen LogP contribution in [-0.4, -0.2) is 38.0 Å². The molecule has 0 bridgehead atoms. The molecule has 0 aliphatic heterocycles. The molecule has 1 atom stereocenters. The van der Waals surface area contributed by atoms with Crippen molar-refractivity contribution >= 4 is 5.91 Å². The molecule has 0 heterocycles. The standard InChI is InChI=1S/C13H20FN3O/c1-17(2)12(13(18)16-9-3-8-15)10-4-6-11(14)7-5-10/h4-7,12H,3,8-9,15H2,1-2H3,(H,16,18). The smallest absolute Gasteiger partial charge is 0.241 e. The molecule has 0 aromatic heterocycles. The third-order valence-corrected chi connectivity index (χ3v) is 2.63. The molecular weight excluding hydrogens is 233 g/mol. The Morgan fingerprint density at radius 1 is 1.39 bits per heavy atom. The van der Waals surface area contributed by atoms with Crippen molar-refractivity contribution < 1.29 is 9.18 Å². The van der Waals surface area contributed by atoms with Gasteiger partial charge in [-0.3, -0.25) is 9.69 Å². The van der Waals surface area contributed by atoms with Crippen LogP contribution in [-0.2, 0) is 4.79 Å². The third kappa shape index (κ3) is 4.09. The third-order valence-electron chi connectivity index (χ3n) is 2.63. The monoisotopic (exact) mass is 253 g/mol. The van der Waals surface area contributed by atoms with E-state index >= 15 is 0 Å². The van der Waals surface area contributed by atoms with Crippen LogP contribution in [0.25, 0.3) is 0 Å². The number of amides is 1. The second kappa shape index (κ2) is 7.08. The maximum atomic E-state index is 12.9. The van der Waals surface area contributed by atoms with Gasteiger partial charge in [0, 0.05) is 6.54 Å². The first-order valence-electron chi connectivity index (χ1n) is 5.96. The largest absolute Gasteiger partial charge is 0.354 e. The van der Waals surface area contributed by atoms with Gasteiger partial charge in [0.15, 0.2) is 0 Å². The zero-order valence-electron chi connectivity index (χ0n) is 10.8. The summed E-state index contributed by atoms with van der Waals surface area (Å²) in [7, 11) is 3.63. The average Bonchev–Trinajstić information content (AvgIpc) is 2.32. The Morgan fingerprint density at radius 2 is 2.00 bits per heavy atom. The Hall–Kier alpha value is -1.46. The Bertz CT molecular complexity index is 378. The average molecular weight is 253 g/mol. The quantitative estimate of drug-likeness (QED) is 0.740. The zero-order chi connectivity index (χ0) is 13.5. The first-order valence-corrected chi connectivity index (χ1v) is 5.96. The fourth-order valence-corrected chi connectivity index (χ4v) is 1.74. The van der Waals surface area contributed by atoms with E-state index in [-0.39, 0.29) is 11.7 Å². The molecule has 5 heteroatoms. The van der Waals surface area contributed by atoms with Gasteiger partial charge in [0.05, 0.1) is 0 Å². The minimum atomic E-state index is -0.414. The maximum Gasteiger partial charge on any atom is 0.241 e. The second-order valence-corrected chi connectivity index (χ2v) is 4.35. The van der Waals surface area contributed by atoms with Crippen molar-refractivity contribution in [3.05, 3.63) is 35.6 Å². The minimum absolute atomic E-state index is 0.0972. The second-order valence-electron chi connectivity index (χ2n) is 4.35. The molecule has 1 amide bonds. The van der Waals surface area contributed by atoms with Crippen molar-refractivity contribution in [2.75, 3.05) is 27.2 Å². The molecular formula is C13H20FN3O. The van der Waals surface area contributed by atoms with Gasteiger partial charge in [-0.25, -0.2) is 4.39 Å². The highest BCUT2D eigenvalue weighted by Gasteiger charge is 2.22. The van der Waals surface area contributed by atoms with Crippen LogP contribution < -0.4 is 11.1 Å². The Kier molecular flexibility index (Phi) is 5.74. The normalized spacial score (nSPS) is 12.5. The molecule has 100 valence electrons. The number of nitrogens with one attached hydrogen (secondary N) is 1. The lowest BCUT2D eigenvalue weighted by atomic mass is 10.1. The molecule has 1 aromatic rings. The lowest BCUT2D eigenvalue weighted by Gasteiger charge is -2.23. The van der Waals surface area contributed by atoms with Crippen LogP contribution in [0.15, 0.2) is 24.3 Å². The van der Waals surface area contributed by atoms with Gasteiger partial charge >= 0.3 is 0 Å². The SMILES string of the molecule is CN(C)C(C(=O)NCCCN)c1ccc(F)cc1. The van der Waals surface area contributed by atoms with Gasteiger partial charge in [-0.05, 0) is 44.8 Å². The minimum Gasteiger partial charge on any atom is -0.354 e. The summed E-state index contributed by atoms with van der Waals surface area (Å²) in [6.07, 6.45) is 0.745. The van der Waals surface area contributed by atoms with E-state index < -0.39 is 6.04 Å². The van der Waals surface area contributed by atoms with Crippen LogP contribution in [0.4, 0.5) is 4.39 Å². The molecule has 0 fully saturated rings. The number of carbonyl (C=O) groups excluding carboxylic acids is 1. The van der Waals surface area contributed by atoms with Gasteiger partial charge in [-0.15, -0.1) is 0 Å². The van der Waals surface area contributed by atoms with Crippen molar-refractivity contribution in [1.29, 1.82) is 0 Å². The Labute approximate surface area is 107 Å². The molecule has 0 saturated carbocycles. The van der Waals surface area contributed by atoms with Gasteiger partial charge in [0.25, 0.3) is 0 Å². The van der Waals surface area contributed by atoms with E-state index in [9.17, 15) is 9.18 Å². The molecule has 4 nitrogen and oxygen atoms in total. The van der Waals surface area contributed by atoms with E-state index in [1.165, 1.54) is 12.1 Å². The number of rotatable bonds is 6. The highest BCUT2D eigenvalue weighted by atomic mass is 19.1. The number of hydrogen-bond acceptors (Lipinski definition) is 3. The molecule has 1 unspecified atom stereocenters. The van der Waals surface area contributed by atoms with E-state index in [1.54, 1.807) is 17.0 Å². The van der Waals surface area contributed by atoms with E-state index in [1.807, 2.05) is 14.1 Å². The van der Waals surface area contributed by atoms with Crippen LogP contribution >= 0.6 is 0 Å². The summed E-state index contributed by atoms with van der Waals surface area (Å²) in [6.45, 7) is 1.10. The topological polar surface area (TPSA) is 58.4 Å². The highest BCUT2D eigenvalue weighted by molar-refractivity contribution is 5.83. The predicted octanol–water partition coefficient (Wildman–Crippen LogP) is 0.893. The van der Waals surface area contributed by atoms with Crippen molar-refractivity contribution in [1.82, 2.24) is 10.2 Å². The fraction of sp³-hybridized carbons (Fsp3) is 0.462. The zero-order valence-corrected chi connectivity index (χ0v) is 10.8. The van der Waals surface area contributed by atoms with Crippen LogP contribution in [0.2, 0.25) is 0 Å². The number of carbonyl (C=O) groups is 1. The summed E-state index contributed by atoms with van der Waals surface area (Å²) in [5.41, 5.74) is 6.15.